The predicted octanol–water partition coefficient (Wildman–Crippen LogP) is 6.15. The molecule has 0 aromatic heterocycles. The molecule has 0 aliphatic heterocycles. The van der Waals surface area contributed by atoms with Gasteiger partial charge in [0.15, 0.2) is 0 Å². The lowest BCUT2D eigenvalue weighted by molar-refractivity contribution is -0.137. The second-order valence-electron chi connectivity index (χ2n) is 8.02. The van der Waals surface area contributed by atoms with E-state index in [1.54, 1.807) is 0 Å². The second-order valence-corrected chi connectivity index (χ2v) is 8.02. The maximum absolute atomic E-state index is 10.3. The van der Waals surface area contributed by atoms with Gasteiger partial charge in [-0.1, -0.05) is 111 Å². The summed E-state index contributed by atoms with van der Waals surface area (Å²) in [7, 11) is 0. The van der Waals surface area contributed by atoms with Gasteiger partial charge in [-0.25, -0.2) is 0 Å². The zero-order valence-electron chi connectivity index (χ0n) is 19.7. The van der Waals surface area contributed by atoms with Gasteiger partial charge in [0, 0.05) is 6.42 Å². The molecular weight excluding hydrogens is 364 g/mol. The highest BCUT2D eigenvalue weighted by Crippen LogP contribution is 2.13. The average molecular weight is 415 g/mol. The van der Waals surface area contributed by atoms with E-state index >= 15 is 0 Å². The number of carboxylic acid groups (broad SMARTS) is 1. The molecule has 0 radical (unpaired) electrons. The van der Waals surface area contributed by atoms with Crippen molar-refractivity contribution in [2.24, 2.45) is 5.73 Å². The Labute approximate surface area is 180 Å². The maximum Gasteiger partial charge on any atom is 0.303 e. The van der Waals surface area contributed by atoms with E-state index in [4.69, 9.17) is 10.8 Å². The monoisotopic (exact) mass is 414 g/mol. The summed E-state index contributed by atoms with van der Waals surface area (Å²) in [6.45, 7) is 8.44. The summed E-state index contributed by atoms with van der Waals surface area (Å²) in [5.41, 5.74) is 4.96. The highest BCUT2D eigenvalue weighted by Gasteiger charge is 2.00. The van der Waals surface area contributed by atoms with E-state index < -0.39 is 5.97 Å². The standard InChI is InChI=1S/C18H36O2.C6H14N2O/c1-2-3-4-5-6-7-8-9-10-11-12-13-14-15-16-17-18(19)20;1-3-8(4-2)5-6(7)9/h2-17H2,1H3,(H,19,20);3-5H2,1-2H3,(H2,7,9). The van der Waals surface area contributed by atoms with Crippen LogP contribution in [0.25, 0.3) is 0 Å². The molecule has 1 amide bonds. The fourth-order valence-electron chi connectivity index (χ4n) is 3.32. The number of hydrogen-bond donors (Lipinski definition) is 2. The number of aliphatic carboxylic acids is 1. The van der Waals surface area contributed by atoms with Gasteiger partial charge in [-0.15, -0.1) is 0 Å². The van der Waals surface area contributed by atoms with E-state index in [-0.39, 0.29) is 5.91 Å². The molecule has 29 heavy (non-hydrogen) atoms. The summed E-state index contributed by atoms with van der Waals surface area (Å²) in [4.78, 5) is 22.6. The van der Waals surface area contributed by atoms with Crippen LogP contribution in [0, 0.1) is 0 Å². The van der Waals surface area contributed by atoms with Crippen molar-refractivity contribution in [1.82, 2.24) is 4.90 Å². The van der Waals surface area contributed by atoms with Crippen LogP contribution in [0.5, 0.6) is 0 Å². The lowest BCUT2D eigenvalue weighted by Crippen LogP contribution is -2.33. The number of unbranched alkanes of at least 4 members (excludes halogenated alkanes) is 14. The SMILES string of the molecule is CCCCCCCCCCCCCCCCCC(=O)O.CCN(CC)CC(N)=O. The quantitative estimate of drug-likeness (QED) is 0.234. The molecule has 0 rings (SSSR count). The molecule has 0 bridgehead atoms. The minimum Gasteiger partial charge on any atom is -0.481 e. The Hall–Kier alpha value is -1.10. The first-order valence-corrected chi connectivity index (χ1v) is 12.2. The summed E-state index contributed by atoms with van der Waals surface area (Å²) < 4.78 is 0. The summed E-state index contributed by atoms with van der Waals surface area (Å²) in [5, 5.41) is 8.52. The topological polar surface area (TPSA) is 83.6 Å². The highest BCUT2D eigenvalue weighted by molar-refractivity contribution is 5.75. The molecule has 0 fully saturated rings. The Morgan fingerprint density at radius 2 is 1.00 bits per heavy atom. The molecule has 0 spiro atoms. The van der Waals surface area contributed by atoms with Crippen LogP contribution in [-0.4, -0.2) is 41.5 Å². The first-order chi connectivity index (χ1) is 14.0. The average Bonchev–Trinajstić information content (AvgIpc) is 2.69. The van der Waals surface area contributed by atoms with Crippen LogP contribution >= 0.6 is 0 Å². The number of nitrogens with two attached hydrogens (primary N) is 1. The summed E-state index contributed by atoms with van der Waals surface area (Å²) in [5.74, 6) is -0.904. The Morgan fingerprint density at radius 1 is 0.655 bits per heavy atom. The Balaban J connectivity index is 0. The number of carbonyl (C=O) groups excluding carboxylic acids is 1. The van der Waals surface area contributed by atoms with E-state index in [1.165, 1.54) is 83.5 Å². The molecule has 0 heterocycles. The minimum atomic E-state index is -0.653. The fraction of sp³-hybridized carbons (Fsp3) is 0.917. The van der Waals surface area contributed by atoms with Crippen molar-refractivity contribution >= 4 is 11.9 Å². The van der Waals surface area contributed by atoms with Gasteiger partial charge in [0.1, 0.15) is 0 Å². The van der Waals surface area contributed by atoms with Gasteiger partial charge in [0.2, 0.25) is 5.91 Å². The Bertz CT molecular complexity index is 358. The number of likely N-dealkylation sites (N-methyl/N-ethyl adjacent to an activating group) is 1. The largest absolute Gasteiger partial charge is 0.481 e. The van der Waals surface area contributed by atoms with Crippen molar-refractivity contribution in [1.29, 1.82) is 0 Å². The molecule has 0 atom stereocenters. The molecule has 5 heteroatoms. The van der Waals surface area contributed by atoms with Crippen molar-refractivity contribution in [3.05, 3.63) is 0 Å². The Kier molecular flexibility index (Phi) is 25.9. The van der Waals surface area contributed by atoms with Crippen LogP contribution in [-0.2, 0) is 9.59 Å². The third-order valence-corrected chi connectivity index (χ3v) is 5.27. The molecule has 0 unspecified atom stereocenters. The zero-order valence-corrected chi connectivity index (χ0v) is 19.7. The van der Waals surface area contributed by atoms with Gasteiger partial charge < -0.3 is 10.8 Å². The number of nitrogens with zero attached hydrogens (tertiary/aromatic N) is 1. The lowest BCUT2D eigenvalue weighted by atomic mass is 10.0. The van der Waals surface area contributed by atoms with Crippen molar-refractivity contribution in [2.75, 3.05) is 19.6 Å². The van der Waals surface area contributed by atoms with Gasteiger partial charge >= 0.3 is 5.97 Å². The zero-order chi connectivity index (χ0) is 22.2. The molecule has 0 aliphatic carbocycles. The lowest BCUT2D eigenvalue weighted by Gasteiger charge is -2.14. The van der Waals surface area contributed by atoms with Gasteiger partial charge in [-0.05, 0) is 19.5 Å². The predicted molar refractivity (Wildman–Crippen MR) is 124 cm³/mol. The van der Waals surface area contributed by atoms with Crippen molar-refractivity contribution in [3.8, 4) is 0 Å². The third kappa shape index (κ3) is 29.2. The van der Waals surface area contributed by atoms with Gasteiger partial charge in [0.25, 0.3) is 0 Å². The maximum atomic E-state index is 10.3. The van der Waals surface area contributed by atoms with E-state index in [9.17, 15) is 9.59 Å². The van der Waals surface area contributed by atoms with E-state index in [0.29, 0.717) is 13.0 Å². The Morgan fingerprint density at radius 3 is 1.24 bits per heavy atom. The first kappa shape index (κ1) is 30.1. The summed E-state index contributed by atoms with van der Waals surface area (Å²) in [6, 6.07) is 0. The highest BCUT2D eigenvalue weighted by atomic mass is 16.4. The number of primary amides is 1. The molecular formula is C24H50N2O3. The molecule has 3 N–H and O–H groups in total. The van der Waals surface area contributed by atoms with Crippen LogP contribution in [0.15, 0.2) is 0 Å². The number of amides is 1. The molecule has 0 aromatic carbocycles. The van der Waals surface area contributed by atoms with Crippen LogP contribution < -0.4 is 5.73 Å². The first-order valence-electron chi connectivity index (χ1n) is 12.2. The van der Waals surface area contributed by atoms with E-state index in [1.807, 2.05) is 18.7 Å². The van der Waals surface area contributed by atoms with Crippen LogP contribution in [0.2, 0.25) is 0 Å². The minimum absolute atomic E-state index is 0.251. The van der Waals surface area contributed by atoms with Gasteiger partial charge in [-0.3, -0.25) is 14.5 Å². The smallest absolute Gasteiger partial charge is 0.303 e. The summed E-state index contributed by atoms with van der Waals surface area (Å²) >= 11 is 0. The number of rotatable bonds is 20. The third-order valence-electron chi connectivity index (χ3n) is 5.27. The normalized spacial score (nSPS) is 10.6. The second kappa shape index (κ2) is 24.9. The molecule has 0 aliphatic rings. The molecule has 5 nitrogen and oxygen atoms in total. The van der Waals surface area contributed by atoms with Crippen LogP contribution in [0.1, 0.15) is 124 Å². The number of carbonyl (C=O) groups is 2. The summed E-state index contributed by atoms with van der Waals surface area (Å²) in [6.07, 6.45) is 20.2. The van der Waals surface area contributed by atoms with E-state index in [2.05, 4.69) is 6.92 Å². The molecule has 174 valence electrons. The van der Waals surface area contributed by atoms with E-state index in [0.717, 1.165) is 25.9 Å². The fourth-order valence-corrected chi connectivity index (χ4v) is 3.32. The van der Waals surface area contributed by atoms with Crippen LogP contribution in [0.3, 0.4) is 0 Å². The van der Waals surface area contributed by atoms with Crippen molar-refractivity contribution < 1.29 is 14.7 Å². The van der Waals surface area contributed by atoms with Crippen molar-refractivity contribution in [3.63, 3.8) is 0 Å². The van der Waals surface area contributed by atoms with Gasteiger partial charge in [0.05, 0.1) is 6.54 Å². The molecule has 0 saturated heterocycles. The molecule has 0 aromatic rings. The van der Waals surface area contributed by atoms with Gasteiger partial charge in [-0.2, -0.15) is 0 Å². The number of hydrogen-bond acceptors (Lipinski definition) is 3. The van der Waals surface area contributed by atoms with Crippen LogP contribution in [0.4, 0.5) is 0 Å². The molecule has 0 saturated carbocycles. The van der Waals surface area contributed by atoms with Crippen molar-refractivity contribution in [2.45, 2.75) is 124 Å². The number of carboxylic acids is 1.